The largest absolute Gasteiger partial charge is 0.391 e. The summed E-state index contributed by atoms with van der Waals surface area (Å²) in [5.41, 5.74) is 0. The summed E-state index contributed by atoms with van der Waals surface area (Å²) >= 11 is 3.75. The summed E-state index contributed by atoms with van der Waals surface area (Å²) in [5, 5.41) is 10.7. The quantitative estimate of drug-likeness (QED) is 0.682. The molecule has 12 heavy (non-hydrogen) atoms. The number of thioether (sulfide) groups is 1. The fourth-order valence-electron chi connectivity index (χ4n) is 0.668. The Kier molecular flexibility index (Phi) is 4.72. The zero-order chi connectivity index (χ0) is 8.81. The highest BCUT2D eigenvalue weighted by Gasteiger charge is 1.90. The van der Waals surface area contributed by atoms with E-state index in [0.29, 0.717) is 0 Å². The van der Waals surface area contributed by atoms with Crippen LogP contribution in [0.2, 0.25) is 0 Å². The predicted octanol–water partition coefficient (Wildman–Crippen LogP) is 3.05. The van der Waals surface area contributed by atoms with Crippen molar-refractivity contribution in [1.82, 2.24) is 0 Å². The standard InChI is InChI=1S/C9H9IOS/c10-8(6-11)7-12-9-4-2-1-3-5-9/h1-5,7,11H,6H2/b8-7-. The molecule has 1 aromatic carbocycles. The number of aliphatic hydroxyl groups excluding tert-OH is 1. The van der Waals surface area contributed by atoms with Crippen molar-refractivity contribution in [3.05, 3.63) is 39.3 Å². The average Bonchev–Trinajstić information content (AvgIpc) is 2.16. The van der Waals surface area contributed by atoms with Gasteiger partial charge in [0.15, 0.2) is 0 Å². The molecule has 1 aromatic rings. The molecule has 0 heterocycles. The summed E-state index contributed by atoms with van der Waals surface area (Å²) in [6.07, 6.45) is 0. The third kappa shape index (κ3) is 3.60. The Balaban J connectivity index is 2.54. The van der Waals surface area contributed by atoms with Crippen LogP contribution >= 0.6 is 34.4 Å². The second kappa shape index (κ2) is 5.61. The first-order chi connectivity index (χ1) is 5.83. The van der Waals surface area contributed by atoms with Gasteiger partial charge in [0.25, 0.3) is 0 Å². The van der Waals surface area contributed by atoms with Crippen LogP contribution in [0.4, 0.5) is 0 Å². The number of halogens is 1. The maximum absolute atomic E-state index is 8.72. The molecule has 0 amide bonds. The Labute approximate surface area is 90.0 Å². The molecule has 0 radical (unpaired) electrons. The van der Waals surface area contributed by atoms with E-state index in [1.54, 1.807) is 11.8 Å². The monoisotopic (exact) mass is 292 g/mol. The van der Waals surface area contributed by atoms with Gasteiger partial charge in [0.2, 0.25) is 0 Å². The Hall–Kier alpha value is -0.000000000000000111. The van der Waals surface area contributed by atoms with E-state index in [4.69, 9.17) is 5.11 Å². The summed E-state index contributed by atoms with van der Waals surface area (Å²) in [5.74, 6) is 0. The van der Waals surface area contributed by atoms with Crippen LogP contribution in [0.15, 0.2) is 44.2 Å². The van der Waals surface area contributed by atoms with Gasteiger partial charge in [0.1, 0.15) is 0 Å². The number of rotatable bonds is 3. The third-order valence-corrected chi connectivity index (χ3v) is 3.24. The van der Waals surface area contributed by atoms with Crippen molar-refractivity contribution in [2.24, 2.45) is 0 Å². The smallest absolute Gasteiger partial charge is 0.0744 e. The fourth-order valence-corrected chi connectivity index (χ4v) is 1.70. The van der Waals surface area contributed by atoms with Gasteiger partial charge in [-0.25, -0.2) is 0 Å². The minimum Gasteiger partial charge on any atom is -0.391 e. The van der Waals surface area contributed by atoms with E-state index in [2.05, 4.69) is 22.6 Å². The van der Waals surface area contributed by atoms with Crippen molar-refractivity contribution in [3.8, 4) is 0 Å². The summed E-state index contributed by atoms with van der Waals surface area (Å²) < 4.78 is 0.960. The normalized spacial score (nSPS) is 11.7. The molecule has 0 spiro atoms. The van der Waals surface area contributed by atoms with Crippen molar-refractivity contribution in [2.45, 2.75) is 4.90 Å². The molecular formula is C9H9IOS. The van der Waals surface area contributed by atoms with E-state index in [-0.39, 0.29) is 6.61 Å². The molecule has 0 fully saturated rings. The lowest BCUT2D eigenvalue weighted by atomic mass is 10.4. The topological polar surface area (TPSA) is 20.2 Å². The summed E-state index contributed by atoms with van der Waals surface area (Å²) in [7, 11) is 0. The molecule has 0 atom stereocenters. The van der Waals surface area contributed by atoms with E-state index in [0.717, 1.165) is 3.58 Å². The average molecular weight is 292 g/mol. The summed E-state index contributed by atoms with van der Waals surface area (Å²) in [4.78, 5) is 1.19. The zero-order valence-corrected chi connectivity index (χ0v) is 9.38. The third-order valence-electron chi connectivity index (χ3n) is 1.22. The molecule has 1 nitrogen and oxygen atoms in total. The van der Waals surface area contributed by atoms with Crippen molar-refractivity contribution in [3.63, 3.8) is 0 Å². The highest BCUT2D eigenvalue weighted by molar-refractivity contribution is 14.1. The Morgan fingerprint density at radius 2 is 2.08 bits per heavy atom. The lowest BCUT2D eigenvalue weighted by molar-refractivity contribution is 0.341. The lowest BCUT2D eigenvalue weighted by Gasteiger charge is -1.95. The van der Waals surface area contributed by atoms with Crippen LogP contribution in [-0.4, -0.2) is 11.7 Å². The van der Waals surface area contributed by atoms with Gasteiger partial charge in [-0.3, -0.25) is 0 Å². The van der Waals surface area contributed by atoms with Crippen LogP contribution in [0.1, 0.15) is 0 Å². The first kappa shape index (κ1) is 10.1. The van der Waals surface area contributed by atoms with Crippen LogP contribution in [-0.2, 0) is 0 Å². The summed E-state index contributed by atoms with van der Waals surface area (Å²) in [6.45, 7) is 0.125. The van der Waals surface area contributed by atoms with Gasteiger partial charge in [0, 0.05) is 8.48 Å². The molecule has 1 N–H and O–H groups in total. The van der Waals surface area contributed by atoms with Crippen LogP contribution in [0.3, 0.4) is 0 Å². The van der Waals surface area contributed by atoms with Gasteiger partial charge in [-0.05, 0) is 40.1 Å². The molecular weight excluding hydrogens is 283 g/mol. The van der Waals surface area contributed by atoms with Gasteiger partial charge in [0.05, 0.1) is 6.61 Å². The van der Waals surface area contributed by atoms with Crippen molar-refractivity contribution in [1.29, 1.82) is 0 Å². The molecule has 0 aliphatic heterocycles. The van der Waals surface area contributed by atoms with E-state index < -0.39 is 0 Å². The molecule has 0 bridgehead atoms. The van der Waals surface area contributed by atoms with Gasteiger partial charge in [-0.15, -0.1) is 0 Å². The predicted molar refractivity (Wildman–Crippen MR) is 61.5 cm³/mol. The zero-order valence-electron chi connectivity index (χ0n) is 6.40. The second-order valence-electron chi connectivity index (χ2n) is 2.15. The SMILES string of the molecule is OC/C(I)=C/Sc1ccccc1. The number of hydrogen-bond donors (Lipinski definition) is 1. The Bertz CT molecular complexity index is 258. The molecule has 0 aliphatic rings. The number of benzene rings is 1. The molecule has 0 aromatic heterocycles. The molecule has 3 heteroatoms. The molecule has 64 valence electrons. The van der Waals surface area contributed by atoms with Crippen LogP contribution in [0.25, 0.3) is 0 Å². The number of aliphatic hydroxyl groups is 1. The molecule has 1 rings (SSSR count). The molecule has 0 saturated carbocycles. The molecule has 0 saturated heterocycles. The van der Waals surface area contributed by atoms with E-state index >= 15 is 0 Å². The minimum atomic E-state index is 0.125. The maximum atomic E-state index is 8.72. The Morgan fingerprint density at radius 1 is 1.42 bits per heavy atom. The molecule has 0 aliphatic carbocycles. The van der Waals surface area contributed by atoms with Crippen LogP contribution < -0.4 is 0 Å². The van der Waals surface area contributed by atoms with Gasteiger partial charge in [-0.1, -0.05) is 30.0 Å². The van der Waals surface area contributed by atoms with Crippen molar-refractivity contribution < 1.29 is 5.11 Å². The van der Waals surface area contributed by atoms with Gasteiger partial charge >= 0.3 is 0 Å². The lowest BCUT2D eigenvalue weighted by Crippen LogP contribution is -1.76. The minimum absolute atomic E-state index is 0.125. The molecule has 0 unspecified atom stereocenters. The summed E-state index contributed by atoms with van der Waals surface area (Å²) in [6, 6.07) is 10.1. The van der Waals surface area contributed by atoms with E-state index in [9.17, 15) is 0 Å². The second-order valence-corrected chi connectivity index (χ2v) is 4.48. The van der Waals surface area contributed by atoms with Gasteiger partial charge in [-0.2, -0.15) is 0 Å². The first-order valence-corrected chi connectivity index (χ1v) is 5.46. The van der Waals surface area contributed by atoms with Crippen LogP contribution in [0, 0.1) is 0 Å². The van der Waals surface area contributed by atoms with Crippen molar-refractivity contribution >= 4 is 34.4 Å². The highest BCUT2D eigenvalue weighted by Crippen LogP contribution is 2.21. The fraction of sp³-hybridized carbons (Fsp3) is 0.111. The van der Waals surface area contributed by atoms with Crippen LogP contribution in [0.5, 0.6) is 0 Å². The van der Waals surface area contributed by atoms with E-state index in [1.807, 2.05) is 35.7 Å². The first-order valence-electron chi connectivity index (χ1n) is 3.50. The maximum Gasteiger partial charge on any atom is 0.0744 e. The highest BCUT2D eigenvalue weighted by atomic mass is 127. The number of hydrogen-bond acceptors (Lipinski definition) is 2. The van der Waals surface area contributed by atoms with Crippen molar-refractivity contribution in [2.75, 3.05) is 6.61 Å². The Morgan fingerprint density at radius 3 is 2.67 bits per heavy atom. The van der Waals surface area contributed by atoms with E-state index in [1.165, 1.54) is 4.90 Å². The van der Waals surface area contributed by atoms with Gasteiger partial charge < -0.3 is 5.11 Å².